The van der Waals surface area contributed by atoms with E-state index in [2.05, 4.69) is 40.9 Å². The SMILES string of the molecule is C/C(=N\N)c1csc(-c2ccc(C)c(C)c2)c1O.C/C(=N\N)c1csc(-c2ccc(OC(F)(F)F)cc2)c1O. The Bertz CT molecular complexity index is 1510. The van der Waals surface area contributed by atoms with Gasteiger partial charge in [0.05, 0.1) is 32.3 Å². The number of hydrogen-bond acceptors (Lipinski definition) is 9. The van der Waals surface area contributed by atoms with Crippen molar-refractivity contribution in [3.63, 3.8) is 0 Å². The van der Waals surface area contributed by atoms with Gasteiger partial charge in [0, 0.05) is 10.8 Å². The van der Waals surface area contributed by atoms with Crippen LogP contribution in [0.1, 0.15) is 36.1 Å². The summed E-state index contributed by atoms with van der Waals surface area (Å²) in [7, 11) is 0. The number of benzene rings is 2. The molecule has 0 radical (unpaired) electrons. The molecule has 0 amide bonds. The third kappa shape index (κ3) is 7.09. The predicted octanol–water partition coefficient (Wildman–Crippen LogP) is 7.12. The van der Waals surface area contributed by atoms with Crippen LogP contribution in [0.3, 0.4) is 0 Å². The van der Waals surface area contributed by atoms with Crippen molar-refractivity contribution in [2.45, 2.75) is 34.1 Å². The minimum absolute atomic E-state index is 0.00353. The first-order valence-corrected chi connectivity index (χ1v) is 13.2. The van der Waals surface area contributed by atoms with E-state index < -0.39 is 6.36 Å². The van der Waals surface area contributed by atoms with Crippen molar-refractivity contribution in [2.24, 2.45) is 21.9 Å². The van der Waals surface area contributed by atoms with Crippen molar-refractivity contribution >= 4 is 34.1 Å². The van der Waals surface area contributed by atoms with Gasteiger partial charge in [0.15, 0.2) is 0 Å². The van der Waals surface area contributed by atoms with E-state index in [4.69, 9.17) is 11.7 Å². The summed E-state index contributed by atoms with van der Waals surface area (Å²) >= 11 is 2.74. The molecule has 2 aromatic heterocycles. The van der Waals surface area contributed by atoms with Gasteiger partial charge in [-0.2, -0.15) is 10.2 Å². The molecular weight excluding hydrogens is 549 g/mol. The van der Waals surface area contributed by atoms with E-state index in [1.165, 1.54) is 58.1 Å². The quantitative estimate of drug-likeness (QED) is 0.114. The fourth-order valence-electron chi connectivity index (χ4n) is 3.46. The molecule has 0 atom stereocenters. The predicted molar refractivity (Wildman–Crippen MR) is 152 cm³/mol. The smallest absolute Gasteiger partial charge is 0.506 e. The average Bonchev–Trinajstić information content (AvgIpc) is 3.47. The molecule has 0 saturated heterocycles. The van der Waals surface area contributed by atoms with E-state index in [-0.39, 0.29) is 17.2 Å². The fourth-order valence-corrected chi connectivity index (χ4v) is 5.47. The van der Waals surface area contributed by atoms with E-state index in [9.17, 15) is 23.4 Å². The van der Waals surface area contributed by atoms with E-state index in [0.717, 1.165) is 10.4 Å². The van der Waals surface area contributed by atoms with Crippen LogP contribution in [-0.2, 0) is 0 Å². The molecule has 12 heteroatoms. The molecule has 7 nitrogen and oxygen atoms in total. The monoisotopic (exact) mass is 576 g/mol. The third-order valence-corrected chi connectivity index (χ3v) is 7.85. The highest BCUT2D eigenvalue weighted by atomic mass is 32.1. The van der Waals surface area contributed by atoms with Crippen LogP contribution >= 0.6 is 22.7 Å². The van der Waals surface area contributed by atoms with Crippen molar-refractivity contribution in [2.75, 3.05) is 0 Å². The number of aryl methyl sites for hydroxylation is 2. The minimum Gasteiger partial charge on any atom is -0.506 e. The van der Waals surface area contributed by atoms with Crippen molar-refractivity contribution in [3.05, 3.63) is 75.5 Å². The summed E-state index contributed by atoms with van der Waals surface area (Å²) in [5.74, 6) is 10.3. The molecule has 0 aliphatic heterocycles. The highest BCUT2D eigenvalue weighted by Crippen LogP contribution is 2.40. The molecule has 2 heterocycles. The van der Waals surface area contributed by atoms with Gasteiger partial charge in [0.2, 0.25) is 0 Å². The van der Waals surface area contributed by atoms with Gasteiger partial charge in [0.1, 0.15) is 17.2 Å². The molecule has 2 aromatic carbocycles. The Morgan fingerprint density at radius 1 is 0.769 bits per heavy atom. The number of aromatic hydroxyl groups is 2. The van der Waals surface area contributed by atoms with Gasteiger partial charge in [-0.3, -0.25) is 0 Å². The second kappa shape index (κ2) is 12.2. The third-order valence-electron chi connectivity index (χ3n) is 5.82. The van der Waals surface area contributed by atoms with E-state index >= 15 is 0 Å². The number of thiophene rings is 2. The van der Waals surface area contributed by atoms with Crippen LogP contribution < -0.4 is 16.4 Å². The maximum absolute atomic E-state index is 12.1. The highest BCUT2D eigenvalue weighted by molar-refractivity contribution is 7.14. The summed E-state index contributed by atoms with van der Waals surface area (Å²) in [6.07, 6.45) is -4.73. The van der Waals surface area contributed by atoms with Gasteiger partial charge in [-0.15, -0.1) is 35.8 Å². The summed E-state index contributed by atoms with van der Waals surface area (Å²) in [6, 6.07) is 11.4. The lowest BCUT2D eigenvalue weighted by Gasteiger charge is -2.09. The number of rotatable bonds is 5. The summed E-state index contributed by atoms with van der Waals surface area (Å²) in [5, 5.41) is 31.0. The zero-order chi connectivity index (χ0) is 28.9. The fraction of sp³-hybridized carbons (Fsp3) is 0.185. The van der Waals surface area contributed by atoms with Gasteiger partial charge in [-0.1, -0.05) is 18.2 Å². The minimum atomic E-state index is -4.73. The second-order valence-electron chi connectivity index (χ2n) is 8.45. The summed E-state index contributed by atoms with van der Waals surface area (Å²) in [6.45, 7) is 7.57. The first kappa shape index (κ1) is 29.5. The Kier molecular flexibility index (Phi) is 9.25. The van der Waals surface area contributed by atoms with E-state index in [0.29, 0.717) is 33.0 Å². The van der Waals surface area contributed by atoms with Gasteiger partial charge in [0.25, 0.3) is 0 Å². The zero-order valence-corrected chi connectivity index (χ0v) is 23.1. The molecule has 206 valence electrons. The summed E-state index contributed by atoms with van der Waals surface area (Å²) in [5.41, 5.74) is 6.36. The van der Waals surface area contributed by atoms with Crippen LogP contribution in [0.25, 0.3) is 20.9 Å². The Morgan fingerprint density at radius 2 is 1.23 bits per heavy atom. The Balaban J connectivity index is 0.000000218. The van der Waals surface area contributed by atoms with Crippen LogP contribution in [0.15, 0.2) is 63.4 Å². The van der Waals surface area contributed by atoms with Crippen molar-refractivity contribution in [1.82, 2.24) is 0 Å². The normalized spacial score (nSPS) is 12.2. The Labute approximate surface area is 231 Å². The number of alkyl halides is 3. The molecule has 0 bridgehead atoms. The molecule has 0 aliphatic carbocycles. The number of nitrogens with zero attached hydrogens (tertiary/aromatic N) is 2. The average molecular weight is 577 g/mol. The van der Waals surface area contributed by atoms with Crippen LogP contribution in [0, 0.1) is 13.8 Å². The van der Waals surface area contributed by atoms with Gasteiger partial charge in [-0.05, 0) is 74.2 Å². The number of hydrazone groups is 2. The van der Waals surface area contributed by atoms with E-state index in [1.54, 1.807) is 19.2 Å². The number of hydrogen-bond donors (Lipinski definition) is 4. The maximum atomic E-state index is 12.1. The molecule has 0 fully saturated rings. The lowest BCUT2D eigenvalue weighted by atomic mass is 10.0. The van der Waals surface area contributed by atoms with Crippen molar-refractivity contribution in [3.8, 4) is 38.1 Å². The topological polar surface area (TPSA) is 126 Å². The molecular formula is C27H27F3N4O3S2. The molecule has 6 N–H and O–H groups in total. The maximum Gasteiger partial charge on any atom is 0.573 e. The van der Waals surface area contributed by atoms with Gasteiger partial charge >= 0.3 is 6.36 Å². The van der Waals surface area contributed by atoms with Crippen LogP contribution in [0.2, 0.25) is 0 Å². The summed E-state index contributed by atoms with van der Waals surface area (Å²) in [4.78, 5) is 1.38. The molecule has 4 rings (SSSR count). The zero-order valence-electron chi connectivity index (χ0n) is 21.5. The molecule has 0 saturated carbocycles. The molecule has 0 unspecified atom stereocenters. The first-order valence-electron chi connectivity index (χ1n) is 11.4. The molecule has 0 aliphatic rings. The van der Waals surface area contributed by atoms with Crippen LogP contribution in [0.4, 0.5) is 13.2 Å². The summed E-state index contributed by atoms with van der Waals surface area (Å²) < 4.78 is 40.0. The largest absolute Gasteiger partial charge is 0.573 e. The Hall–Kier alpha value is -4.03. The lowest BCUT2D eigenvalue weighted by Crippen LogP contribution is -2.16. The van der Waals surface area contributed by atoms with Gasteiger partial charge in [-0.25, -0.2) is 0 Å². The van der Waals surface area contributed by atoms with E-state index in [1.807, 2.05) is 11.4 Å². The standard InChI is InChI=1S/C14H16N2OS.C13H11F3N2O2S/c1-8-4-5-11(6-9(8)2)14-13(17)12(7-18-14)10(3)16-15;1-7(18-17)10-6-21-12(11(10)19)8-2-4-9(5-3-8)20-13(14,15)16/h4-7,17H,15H2,1-3H3;2-6,19H,17H2,1H3/b16-10+;18-7+. The lowest BCUT2D eigenvalue weighted by molar-refractivity contribution is -0.274. The molecule has 4 aromatic rings. The highest BCUT2D eigenvalue weighted by Gasteiger charge is 2.31. The number of nitrogens with two attached hydrogens (primary N) is 2. The Morgan fingerprint density at radius 3 is 1.67 bits per heavy atom. The number of ether oxygens (including phenoxy) is 1. The van der Waals surface area contributed by atoms with Crippen molar-refractivity contribution < 1.29 is 28.1 Å². The second-order valence-corrected chi connectivity index (χ2v) is 10.2. The van der Waals surface area contributed by atoms with Crippen LogP contribution in [0.5, 0.6) is 17.2 Å². The van der Waals surface area contributed by atoms with Crippen molar-refractivity contribution in [1.29, 1.82) is 0 Å². The number of halogens is 3. The first-order chi connectivity index (χ1) is 18.4. The molecule has 39 heavy (non-hydrogen) atoms. The van der Waals surface area contributed by atoms with Crippen LogP contribution in [-0.4, -0.2) is 28.0 Å². The molecule has 0 spiro atoms. The van der Waals surface area contributed by atoms with Gasteiger partial charge < -0.3 is 26.6 Å².